The first-order valence-corrected chi connectivity index (χ1v) is 6.95. The minimum Gasteiger partial charge on any atom is -0.426 e. The molecule has 0 aliphatic carbocycles. The van der Waals surface area contributed by atoms with Gasteiger partial charge in [0.25, 0.3) is 12.0 Å². The highest BCUT2D eigenvalue weighted by atomic mass is 19.3. The van der Waals surface area contributed by atoms with E-state index in [1.807, 2.05) is 0 Å². The van der Waals surface area contributed by atoms with Crippen LogP contribution in [-0.2, 0) is 17.6 Å². The van der Waals surface area contributed by atoms with Gasteiger partial charge in [0.15, 0.2) is 0 Å². The molecular formula is C15H15F2NO4. The number of carbonyl (C=O) groups is 2. The molecule has 0 spiro atoms. The van der Waals surface area contributed by atoms with E-state index in [0.29, 0.717) is 12.0 Å². The predicted molar refractivity (Wildman–Crippen MR) is 73.6 cm³/mol. The van der Waals surface area contributed by atoms with Gasteiger partial charge in [0, 0.05) is 6.07 Å². The lowest BCUT2D eigenvalue weighted by Gasteiger charge is -2.16. The summed E-state index contributed by atoms with van der Waals surface area (Å²) >= 11 is 0. The van der Waals surface area contributed by atoms with E-state index in [2.05, 4.69) is 5.32 Å². The molecule has 118 valence electrons. The van der Waals surface area contributed by atoms with Crippen LogP contribution in [0.5, 0.6) is 0 Å². The third-order valence-corrected chi connectivity index (χ3v) is 3.54. The number of fused-ring (bicyclic) bond motifs is 1. The molecule has 0 unspecified atom stereocenters. The highest BCUT2D eigenvalue weighted by Crippen LogP contribution is 2.22. The van der Waals surface area contributed by atoms with Crippen molar-refractivity contribution in [2.45, 2.75) is 39.0 Å². The average Bonchev–Trinajstić information content (AvgIpc) is 2.41. The fraction of sp³-hybridized carbons (Fsp3) is 0.400. The molecule has 1 aliphatic heterocycles. The fourth-order valence-electron chi connectivity index (χ4n) is 2.47. The van der Waals surface area contributed by atoms with E-state index in [9.17, 15) is 23.2 Å². The smallest absolute Gasteiger partial charge is 0.336 e. The highest BCUT2D eigenvalue weighted by Gasteiger charge is 2.27. The first kappa shape index (κ1) is 16.1. The van der Waals surface area contributed by atoms with E-state index >= 15 is 0 Å². The van der Waals surface area contributed by atoms with Crippen LogP contribution in [0.2, 0.25) is 0 Å². The fourth-order valence-corrected chi connectivity index (χ4v) is 2.47. The van der Waals surface area contributed by atoms with Gasteiger partial charge in [-0.1, -0.05) is 6.92 Å². The second-order valence-corrected chi connectivity index (χ2v) is 5.01. The quantitative estimate of drug-likeness (QED) is 0.847. The predicted octanol–water partition coefficient (Wildman–Crippen LogP) is 2.34. The van der Waals surface area contributed by atoms with Crippen molar-refractivity contribution in [3.05, 3.63) is 45.0 Å². The van der Waals surface area contributed by atoms with E-state index in [1.54, 1.807) is 6.92 Å². The van der Waals surface area contributed by atoms with Gasteiger partial charge >= 0.3 is 5.63 Å². The summed E-state index contributed by atoms with van der Waals surface area (Å²) in [5.74, 6) is -1.11. The molecule has 2 amide bonds. The molecule has 2 rings (SSSR count). The molecule has 2 heterocycles. The van der Waals surface area contributed by atoms with Crippen molar-refractivity contribution >= 4 is 11.8 Å². The van der Waals surface area contributed by atoms with Gasteiger partial charge < -0.3 is 4.42 Å². The minimum absolute atomic E-state index is 0.0409. The maximum atomic E-state index is 12.6. The topological polar surface area (TPSA) is 76.4 Å². The zero-order chi connectivity index (χ0) is 16.3. The summed E-state index contributed by atoms with van der Waals surface area (Å²) in [5.41, 5.74) is 0.00330. The number of rotatable bonds is 5. The molecule has 0 radical (unpaired) electrons. The minimum atomic E-state index is -1.68. The Bertz CT molecular complexity index is 702. The van der Waals surface area contributed by atoms with Crippen molar-refractivity contribution in [1.82, 2.24) is 5.32 Å². The third-order valence-electron chi connectivity index (χ3n) is 3.54. The average molecular weight is 311 g/mol. The maximum absolute atomic E-state index is 12.6. The van der Waals surface area contributed by atoms with E-state index in [1.165, 1.54) is 6.07 Å². The molecule has 0 saturated carbocycles. The van der Waals surface area contributed by atoms with Crippen molar-refractivity contribution in [2.24, 2.45) is 0 Å². The number of aryl methyl sites for hydroxylation is 1. The Hall–Kier alpha value is -2.31. The Morgan fingerprint density at radius 1 is 1.32 bits per heavy atom. The summed E-state index contributed by atoms with van der Waals surface area (Å²) in [6, 6.07) is 1.18. The molecule has 1 aliphatic rings. The number of amides is 2. The summed E-state index contributed by atoms with van der Waals surface area (Å²) in [5, 5.41) is 2.15. The second kappa shape index (κ2) is 6.64. The maximum Gasteiger partial charge on any atom is 0.336 e. The Morgan fingerprint density at radius 2 is 2.05 bits per heavy atom. The lowest BCUT2D eigenvalue weighted by atomic mass is 9.96. The van der Waals surface area contributed by atoms with Gasteiger partial charge in [0.2, 0.25) is 5.91 Å². The summed E-state index contributed by atoms with van der Waals surface area (Å²) in [6.07, 6.45) is -0.755. The van der Waals surface area contributed by atoms with Crippen LogP contribution in [-0.4, -0.2) is 11.8 Å². The summed E-state index contributed by atoms with van der Waals surface area (Å²) in [6.45, 7) is 1.65. The van der Waals surface area contributed by atoms with Crippen LogP contribution in [0.4, 0.5) is 8.78 Å². The molecule has 5 nitrogen and oxygen atoms in total. The molecule has 0 atom stereocenters. The summed E-state index contributed by atoms with van der Waals surface area (Å²) in [7, 11) is 0. The van der Waals surface area contributed by atoms with Crippen LogP contribution in [0, 0.1) is 0 Å². The first-order valence-electron chi connectivity index (χ1n) is 6.95. The van der Waals surface area contributed by atoms with Gasteiger partial charge in [-0.25, -0.2) is 4.79 Å². The lowest BCUT2D eigenvalue weighted by molar-refractivity contribution is -0.120. The Morgan fingerprint density at radius 3 is 2.68 bits per heavy atom. The number of hydrogen-bond donors (Lipinski definition) is 1. The number of allylic oxidation sites excluding steroid dienone is 1. The van der Waals surface area contributed by atoms with Crippen LogP contribution in [0.25, 0.3) is 0 Å². The van der Waals surface area contributed by atoms with Crippen molar-refractivity contribution in [1.29, 1.82) is 0 Å². The Labute approximate surface area is 125 Å². The monoisotopic (exact) mass is 311 g/mol. The van der Waals surface area contributed by atoms with Crippen molar-refractivity contribution in [2.75, 3.05) is 0 Å². The molecule has 1 N–H and O–H groups in total. The van der Waals surface area contributed by atoms with Crippen LogP contribution < -0.4 is 10.9 Å². The molecule has 22 heavy (non-hydrogen) atoms. The van der Waals surface area contributed by atoms with Crippen LogP contribution >= 0.6 is 0 Å². The first-order chi connectivity index (χ1) is 10.4. The number of carbonyl (C=O) groups excluding carboxylic acids is 2. The number of halogens is 2. The van der Waals surface area contributed by atoms with Crippen molar-refractivity contribution in [3.63, 3.8) is 0 Å². The highest BCUT2D eigenvalue weighted by molar-refractivity contribution is 6.09. The largest absolute Gasteiger partial charge is 0.426 e. The van der Waals surface area contributed by atoms with Crippen molar-refractivity contribution in [3.8, 4) is 0 Å². The summed E-state index contributed by atoms with van der Waals surface area (Å²) < 4.78 is 30.1. The molecule has 0 aromatic carbocycles. The summed E-state index contributed by atoms with van der Waals surface area (Å²) in [4.78, 5) is 34.7. The number of nitrogens with one attached hydrogen (secondary N) is 1. The lowest BCUT2D eigenvalue weighted by Crippen LogP contribution is -2.38. The van der Waals surface area contributed by atoms with Gasteiger partial charge in [0.05, 0.1) is 12.0 Å². The Balaban J connectivity index is 2.22. The van der Waals surface area contributed by atoms with Crippen LogP contribution in [0.1, 0.15) is 47.9 Å². The van der Waals surface area contributed by atoms with E-state index < -0.39 is 23.5 Å². The van der Waals surface area contributed by atoms with Gasteiger partial charge in [-0.3, -0.25) is 14.9 Å². The molecule has 7 heteroatoms. The van der Waals surface area contributed by atoms with Crippen LogP contribution in [0.3, 0.4) is 0 Å². The standard InChI is InChI=1S/C15H15F2NO4/c1-2-8(14(16)17)4-3-5-9-6-12(20)22-10-7-11(19)18-15(21)13(9)10/h6H,2-5,7H2,1H3,(H,18,19,21). The zero-order valence-electron chi connectivity index (χ0n) is 12.0. The van der Waals surface area contributed by atoms with Gasteiger partial charge in [-0.2, -0.15) is 8.78 Å². The van der Waals surface area contributed by atoms with E-state index in [4.69, 9.17) is 4.42 Å². The molecule has 0 bridgehead atoms. The zero-order valence-corrected chi connectivity index (χ0v) is 12.0. The molecule has 1 aromatic heterocycles. The van der Waals surface area contributed by atoms with E-state index in [-0.39, 0.29) is 42.6 Å². The molecular weight excluding hydrogens is 296 g/mol. The Kier molecular flexibility index (Phi) is 4.85. The number of hydrogen-bond acceptors (Lipinski definition) is 4. The van der Waals surface area contributed by atoms with Gasteiger partial charge in [-0.15, -0.1) is 0 Å². The molecule has 1 aromatic rings. The van der Waals surface area contributed by atoms with Crippen LogP contribution in [0.15, 0.2) is 26.9 Å². The van der Waals surface area contributed by atoms with Gasteiger partial charge in [0.1, 0.15) is 5.76 Å². The normalized spacial score (nSPS) is 13.6. The third kappa shape index (κ3) is 3.47. The molecule has 0 fully saturated rings. The SMILES string of the molecule is CCC(CCCc1cc(=O)oc2c1C(=O)NC(=O)C2)=C(F)F. The van der Waals surface area contributed by atoms with Gasteiger partial charge in [-0.05, 0) is 36.8 Å². The molecule has 0 saturated heterocycles. The van der Waals surface area contributed by atoms with E-state index in [0.717, 1.165) is 0 Å². The van der Waals surface area contributed by atoms with Crippen molar-refractivity contribution < 1.29 is 22.8 Å². The second-order valence-electron chi connectivity index (χ2n) is 5.01. The number of imide groups is 1.